The molecule has 2 aromatic rings. The molecule has 6 heteroatoms. The van der Waals surface area contributed by atoms with E-state index in [2.05, 4.69) is 46.7 Å². The van der Waals surface area contributed by atoms with Crippen molar-refractivity contribution in [2.75, 3.05) is 20.7 Å². The molecule has 0 aliphatic heterocycles. The molecule has 24 heavy (non-hydrogen) atoms. The van der Waals surface area contributed by atoms with Crippen LogP contribution in [0.25, 0.3) is 0 Å². The lowest BCUT2D eigenvalue weighted by Crippen LogP contribution is -2.39. The third kappa shape index (κ3) is 5.30. The number of methoxy groups -OCH3 is 1. The highest BCUT2D eigenvalue weighted by molar-refractivity contribution is 5.79. The highest BCUT2D eigenvalue weighted by Crippen LogP contribution is 2.19. The van der Waals surface area contributed by atoms with Gasteiger partial charge in [0, 0.05) is 44.6 Å². The summed E-state index contributed by atoms with van der Waals surface area (Å²) < 4.78 is 7.38. The van der Waals surface area contributed by atoms with Crippen LogP contribution in [0.1, 0.15) is 18.1 Å². The molecular weight excluding hydrogens is 302 g/mol. The van der Waals surface area contributed by atoms with Crippen molar-refractivity contribution in [3.63, 3.8) is 0 Å². The van der Waals surface area contributed by atoms with E-state index in [9.17, 15) is 0 Å². The number of rotatable bonds is 7. The number of guanidine groups is 1. The van der Waals surface area contributed by atoms with Gasteiger partial charge in [-0.15, -0.1) is 0 Å². The molecule has 0 saturated heterocycles. The SMILES string of the molecule is CN=C(NCc1ccc(C)cc1OC)NCC(C)Cn1cccn1. The van der Waals surface area contributed by atoms with Crippen molar-refractivity contribution in [2.24, 2.45) is 10.9 Å². The first kappa shape index (κ1) is 17.8. The van der Waals surface area contributed by atoms with Gasteiger partial charge in [-0.05, 0) is 30.5 Å². The Hall–Kier alpha value is -2.50. The van der Waals surface area contributed by atoms with Gasteiger partial charge in [-0.1, -0.05) is 19.1 Å². The number of benzene rings is 1. The number of hydrogen-bond acceptors (Lipinski definition) is 3. The summed E-state index contributed by atoms with van der Waals surface area (Å²) in [5.74, 6) is 2.12. The summed E-state index contributed by atoms with van der Waals surface area (Å²) in [6, 6.07) is 8.14. The zero-order chi connectivity index (χ0) is 17.4. The molecule has 2 rings (SSSR count). The number of hydrogen-bond donors (Lipinski definition) is 2. The summed E-state index contributed by atoms with van der Waals surface area (Å²) >= 11 is 0. The molecule has 1 aromatic carbocycles. The van der Waals surface area contributed by atoms with Gasteiger partial charge in [0.1, 0.15) is 5.75 Å². The first-order valence-electron chi connectivity index (χ1n) is 8.18. The molecule has 2 N–H and O–H groups in total. The predicted octanol–water partition coefficient (Wildman–Crippen LogP) is 2.20. The van der Waals surface area contributed by atoms with Crippen LogP contribution < -0.4 is 15.4 Å². The first-order chi connectivity index (χ1) is 11.6. The number of nitrogens with zero attached hydrogens (tertiary/aromatic N) is 3. The van der Waals surface area contributed by atoms with Gasteiger partial charge in [0.05, 0.1) is 7.11 Å². The molecule has 0 aliphatic carbocycles. The van der Waals surface area contributed by atoms with Gasteiger partial charge in [0.25, 0.3) is 0 Å². The number of aromatic nitrogens is 2. The molecular formula is C18H27N5O. The Labute approximate surface area is 143 Å². The maximum absolute atomic E-state index is 5.44. The molecule has 0 amide bonds. The summed E-state index contributed by atoms with van der Waals surface area (Å²) in [7, 11) is 3.47. The van der Waals surface area contributed by atoms with Gasteiger partial charge in [0.15, 0.2) is 5.96 Å². The average Bonchev–Trinajstić information content (AvgIpc) is 3.08. The molecule has 1 atom stereocenters. The van der Waals surface area contributed by atoms with Gasteiger partial charge in [-0.3, -0.25) is 9.67 Å². The second-order valence-electron chi connectivity index (χ2n) is 5.96. The lowest BCUT2D eigenvalue weighted by Gasteiger charge is -2.17. The summed E-state index contributed by atoms with van der Waals surface area (Å²) in [6.07, 6.45) is 3.78. The van der Waals surface area contributed by atoms with E-state index in [0.717, 1.165) is 30.4 Å². The first-order valence-corrected chi connectivity index (χ1v) is 8.18. The predicted molar refractivity (Wildman–Crippen MR) is 97.3 cm³/mol. The summed E-state index contributed by atoms with van der Waals surface area (Å²) in [5, 5.41) is 10.9. The molecule has 0 bridgehead atoms. The van der Waals surface area contributed by atoms with Crippen molar-refractivity contribution in [3.05, 3.63) is 47.8 Å². The minimum absolute atomic E-state index is 0.442. The van der Waals surface area contributed by atoms with Gasteiger partial charge in [0.2, 0.25) is 0 Å². The van der Waals surface area contributed by atoms with Crippen LogP contribution in [0.4, 0.5) is 0 Å². The Balaban J connectivity index is 1.82. The number of aryl methyl sites for hydroxylation is 1. The summed E-state index contributed by atoms with van der Waals surface area (Å²) in [6.45, 7) is 6.61. The molecule has 0 radical (unpaired) electrons. The third-order valence-corrected chi connectivity index (χ3v) is 3.79. The van der Waals surface area contributed by atoms with Crippen molar-refractivity contribution < 1.29 is 4.74 Å². The molecule has 130 valence electrons. The highest BCUT2D eigenvalue weighted by Gasteiger charge is 2.07. The van der Waals surface area contributed by atoms with Crippen LogP contribution in [0.5, 0.6) is 5.75 Å². The minimum atomic E-state index is 0.442. The molecule has 0 saturated carbocycles. The number of ether oxygens (including phenoxy) is 1. The fraction of sp³-hybridized carbons (Fsp3) is 0.444. The fourth-order valence-electron chi connectivity index (χ4n) is 2.46. The molecule has 1 unspecified atom stereocenters. The van der Waals surface area contributed by atoms with E-state index in [4.69, 9.17) is 4.74 Å². The Morgan fingerprint density at radius 1 is 1.38 bits per heavy atom. The van der Waals surface area contributed by atoms with Gasteiger partial charge in [-0.2, -0.15) is 5.10 Å². The van der Waals surface area contributed by atoms with Gasteiger partial charge >= 0.3 is 0 Å². The smallest absolute Gasteiger partial charge is 0.191 e. The lowest BCUT2D eigenvalue weighted by molar-refractivity contribution is 0.408. The van der Waals surface area contributed by atoms with E-state index in [0.29, 0.717) is 12.5 Å². The largest absolute Gasteiger partial charge is 0.496 e. The zero-order valence-electron chi connectivity index (χ0n) is 14.9. The van der Waals surface area contributed by atoms with E-state index < -0.39 is 0 Å². The molecule has 1 aromatic heterocycles. The van der Waals surface area contributed by atoms with Crippen molar-refractivity contribution >= 4 is 5.96 Å². The number of nitrogens with one attached hydrogen (secondary N) is 2. The molecule has 6 nitrogen and oxygen atoms in total. The zero-order valence-corrected chi connectivity index (χ0v) is 14.9. The summed E-state index contributed by atoms with van der Waals surface area (Å²) in [5.41, 5.74) is 2.29. The maximum Gasteiger partial charge on any atom is 0.191 e. The van der Waals surface area contributed by atoms with E-state index in [1.165, 1.54) is 5.56 Å². The van der Waals surface area contributed by atoms with E-state index in [1.807, 2.05) is 23.0 Å². The van der Waals surface area contributed by atoms with Crippen LogP contribution in [0.2, 0.25) is 0 Å². The fourth-order valence-corrected chi connectivity index (χ4v) is 2.46. The Morgan fingerprint density at radius 3 is 2.88 bits per heavy atom. The van der Waals surface area contributed by atoms with E-state index >= 15 is 0 Å². The molecule has 0 aliphatic rings. The average molecular weight is 329 g/mol. The van der Waals surface area contributed by atoms with Gasteiger partial charge in [-0.25, -0.2) is 0 Å². The lowest BCUT2D eigenvalue weighted by atomic mass is 10.1. The van der Waals surface area contributed by atoms with Crippen LogP contribution in [0.3, 0.4) is 0 Å². The Bertz CT molecular complexity index is 651. The number of aliphatic imine (C=N–C) groups is 1. The normalized spacial score (nSPS) is 12.8. The Morgan fingerprint density at radius 2 is 2.21 bits per heavy atom. The Kier molecular flexibility index (Phi) is 6.66. The summed E-state index contributed by atoms with van der Waals surface area (Å²) in [4.78, 5) is 4.28. The van der Waals surface area contributed by atoms with E-state index in [1.54, 1.807) is 20.4 Å². The molecule has 1 heterocycles. The second-order valence-corrected chi connectivity index (χ2v) is 5.96. The van der Waals surface area contributed by atoms with Crippen LogP contribution in [-0.2, 0) is 13.1 Å². The topological polar surface area (TPSA) is 63.5 Å². The van der Waals surface area contributed by atoms with Crippen LogP contribution in [0.15, 0.2) is 41.7 Å². The van der Waals surface area contributed by atoms with Crippen LogP contribution in [-0.4, -0.2) is 36.4 Å². The van der Waals surface area contributed by atoms with Crippen molar-refractivity contribution in [1.82, 2.24) is 20.4 Å². The van der Waals surface area contributed by atoms with Crippen LogP contribution in [0, 0.1) is 12.8 Å². The third-order valence-electron chi connectivity index (χ3n) is 3.79. The van der Waals surface area contributed by atoms with Crippen molar-refractivity contribution in [1.29, 1.82) is 0 Å². The van der Waals surface area contributed by atoms with Crippen LogP contribution >= 0.6 is 0 Å². The molecule has 0 spiro atoms. The quantitative estimate of drug-likeness (QED) is 0.604. The van der Waals surface area contributed by atoms with E-state index in [-0.39, 0.29) is 0 Å². The van der Waals surface area contributed by atoms with Gasteiger partial charge < -0.3 is 15.4 Å². The standard InChI is InChI=1S/C18H27N5O/c1-14-6-7-16(17(10-14)24-4)12-21-18(19-3)20-11-15(2)13-23-9-5-8-22-23/h5-10,15H,11-13H2,1-4H3,(H2,19,20,21). The molecule has 0 fully saturated rings. The van der Waals surface area contributed by atoms with Crippen molar-refractivity contribution in [2.45, 2.75) is 26.9 Å². The maximum atomic E-state index is 5.44. The second kappa shape index (κ2) is 8.96. The monoisotopic (exact) mass is 329 g/mol. The minimum Gasteiger partial charge on any atom is -0.496 e. The highest BCUT2D eigenvalue weighted by atomic mass is 16.5. The van der Waals surface area contributed by atoms with Crippen molar-refractivity contribution in [3.8, 4) is 5.75 Å².